The molecule has 0 radical (unpaired) electrons. The van der Waals surface area contributed by atoms with Crippen LogP contribution in [-0.4, -0.2) is 11.0 Å². The molecule has 84 valence electrons. The molecular formula is C13H16N2S. The first-order chi connectivity index (χ1) is 7.79. The van der Waals surface area contributed by atoms with E-state index < -0.39 is 0 Å². The van der Waals surface area contributed by atoms with Gasteiger partial charge in [-0.1, -0.05) is 37.3 Å². The highest BCUT2D eigenvalue weighted by molar-refractivity contribution is 7.15. The van der Waals surface area contributed by atoms with Crippen LogP contribution in [0.4, 0.5) is 0 Å². The van der Waals surface area contributed by atoms with Crippen LogP contribution < -0.4 is 5.73 Å². The molecule has 2 nitrogen and oxygen atoms in total. The van der Waals surface area contributed by atoms with Gasteiger partial charge < -0.3 is 5.73 Å². The fourth-order valence-electron chi connectivity index (χ4n) is 1.51. The van der Waals surface area contributed by atoms with E-state index in [2.05, 4.69) is 24.0 Å². The third-order valence-corrected chi connectivity index (χ3v) is 3.64. The lowest BCUT2D eigenvalue weighted by Crippen LogP contribution is -2.21. The molecule has 0 bridgehead atoms. The van der Waals surface area contributed by atoms with Crippen molar-refractivity contribution in [1.82, 2.24) is 4.98 Å². The van der Waals surface area contributed by atoms with Gasteiger partial charge in [-0.15, -0.1) is 11.3 Å². The first kappa shape index (κ1) is 11.3. The average Bonchev–Trinajstić information content (AvgIpc) is 2.78. The summed E-state index contributed by atoms with van der Waals surface area (Å²) >= 11 is 1.74. The Hall–Kier alpha value is -1.19. The normalized spacial score (nSPS) is 12.6. The Kier molecular flexibility index (Phi) is 3.70. The van der Waals surface area contributed by atoms with Crippen LogP contribution in [0.2, 0.25) is 0 Å². The maximum atomic E-state index is 5.92. The predicted octanol–water partition coefficient (Wildman–Crippen LogP) is 3.09. The molecule has 2 N–H and O–H groups in total. The third-order valence-electron chi connectivity index (χ3n) is 2.57. The van der Waals surface area contributed by atoms with Crippen molar-refractivity contribution in [2.24, 2.45) is 5.73 Å². The lowest BCUT2D eigenvalue weighted by atomic mass is 10.2. The molecule has 1 atom stereocenters. The second-order valence-corrected chi connectivity index (χ2v) is 4.97. The summed E-state index contributed by atoms with van der Waals surface area (Å²) in [7, 11) is 0. The zero-order valence-corrected chi connectivity index (χ0v) is 10.2. The number of nitrogens with zero attached hydrogens (tertiary/aromatic N) is 1. The maximum Gasteiger partial charge on any atom is 0.0946 e. The van der Waals surface area contributed by atoms with Crippen molar-refractivity contribution in [2.45, 2.75) is 25.8 Å². The largest absolute Gasteiger partial charge is 0.327 e. The maximum absolute atomic E-state index is 5.92. The molecule has 1 aromatic heterocycles. The zero-order valence-electron chi connectivity index (χ0n) is 9.39. The van der Waals surface area contributed by atoms with E-state index in [1.165, 1.54) is 10.4 Å². The van der Waals surface area contributed by atoms with Gasteiger partial charge in [-0.25, -0.2) is 4.98 Å². The van der Waals surface area contributed by atoms with Crippen LogP contribution in [0.25, 0.3) is 10.4 Å². The van der Waals surface area contributed by atoms with E-state index >= 15 is 0 Å². The summed E-state index contributed by atoms with van der Waals surface area (Å²) < 4.78 is 0. The van der Waals surface area contributed by atoms with Crippen LogP contribution in [-0.2, 0) is 6.42 Å². The monoisotopic (exact) mass is 232 g/mol. The van der Waals surface area contributed by atoms with Crippen molar-refractivity contribution in [2.75, 3.05) is 0 Å². The van der Waals surface area contributed by atoms with E-state index in [1.54, 1.807) is 11.3 Å². The minimum atomic E-state index is 0.231. The van der Waals surface area contributed by atoms with Gasteiger partial charge in [0.05, 0.1) is 9.88 Å². The first-order valence-electron chi connectivity index (χ1n) is 5.55. The van der Waals surface area contributed by atoms with Gasteiger partial charge in [-0.3, -0.25) is 0 Å². The number of thiazole rings is 1. The minimum absolute atomic E-state index is 0.231. The minimum Gasteiger partial charge on any atom is -0.327 e. The van der Waals surface area contributed by atoms with Crippen LogP contribution in [0.15, 0.2) is 36.5 Å². The quantitative estimate of drug-likeness (QED) is 0.879. The van der Waals surface area contributed by atoms with Crippen LogP contribution in [0.3, 0.4) is 0 Å². The fraction of sp³-hybridized carbons (Fsp3) is 0.308. The molecule has 0 aliphatic rings. The van der Waals surface area contributed by atoms with E-state index in [-0.39, 0.29) is 6.04 Å². The van der Waals surface area contributed by atoms with E-state index in [4.69, 9.17) is 5.73 Å². The Labute approximate surface area is 100 Å². The summed E-state index contributed by atoms with van der Waals surface area (Å²) in [4.78, 5) is 5.64. The molecule has 2 aromatic rings. The van der Waals surface area contributed by atoms with Crippen LogP contribution in [0.5, 0.6) is 0 Å². The van der Waals surface area contributed by atoms with Crippen molar-refractivity contribution in [3.05, 3.63) is 41.5 Å². The highest BCUT2D eigenvalue weighted by Gasteiger charge is 2.07. The first-order valence-corrected chi connectivity index (χ1v) is 6.37. The molecule has 3 heteroatoms. The lowest BCUT2D eigenvalue weighted by Gasteiger charge is -2.04. The molecule has 1 aromatic carbocycles. The topological polar surface area (TPSA) is 38.9 Å². The van der Waals surface area contributed by atoms with Gasteiger partial charge in [-0.05, 0) is 12.0 Å². The Morgan fingerprint density at radius 1 is 1.31 bits per heavy atom. The lowest BCUT2D eigenvalue weighted by molar-refractivity contribution is 0.644. The fourth-order valence-corrected chi connectivity index (χ4v) is 2.53. The van der Waals surface area contributed by atoms with Gasteiger partial charge in [0.1, 0.15) is 0 Å². The summed E-state index contributed by atoms with van der Waals surface area (Å²) in [5.41, 5.74) is 7.15. The third kappa shape index (κ3) is 2.68. The van der Waals surface area contributed by atoms with Crippen molar-refractivity contribution in [3.63, 3.8) is 0 Å². The van der Waals surface area contributed by atoms with Crippen molar-refractivity contribution in [3.8, 4) is 10.4 Å². The molecule has 0 amide bonds. The second kappa shape index (κ2) is 5.23. The van der Waals surface area contributed by atoms with Crippen LogP contribution in [0, 0.1) is 0 Å². The Balaban J connectivity index is 2.14. The van der Waals surface area contributed by atoms with Gasteiger partial charge in [0.2, 0.25) is 0 Å². The highest BCUT2D eigenvalue weighted by atomic mass is 32.1. The molecule has 1 unspecified atom stereocenters. The predicted molar refractivity (Wildman–Crippen MR) is 69.5 cm³/mol. The number of benzene rings is 1. The summed E-state index contributed by atoms with van der Waals surface area (Å²) in [6.45, 7) is 2.11. The number of nitrogens with two attached hydrogens (primary N) is 1. The smallest absolute Gasteiger partial charge is 0.0946 e. The molecule has 16 heavy (non-hydrogen) atoms. The van der Waals surface area contributed by atoms with Gasteiger partial charge in [0.15, 0.2) is 0 Å². The summed E-state index contributed by atoms with van der Waals surface area (Å²) in [6.07, 6.45) is 3.83. The Bertz CT molecular complexity index is 436. The summed E-state index contributed by atoms with van der Waals surface area (Å²) in [6, 6.07) is 10.6. The molecule has 0 fully saturated rings. The van der Waals surface area contributed by atoms with Crippen LogP contribution in [0.1, 0.15) is 18.4 Å². The van der Waals surface area contributed by atoms with Gasteiger partial charge in [-0.2, -0.15) is 0 Å². The van der Waals surface area contributed by atoms with Gasteiger partial charge in [0, 0.05) is 18.7 Å². The molecule has 0 aliphatic heterocycles. The molecular weight excluding hydrogens is 216 g/mol. The van der Waals surface area contributed by atoms with E-state index in [9.17, 15) is 0 Å². The SMILES string of the molecule is CCC(N)Cc1ncc(-c2ccccc2)s1. The standard InChI is InChI=1S/C13H16N2S/c1-2-11(14)8-13-15-9-12(16-13)10-6-4-3-5-7-10/h3-7,9,11H,2,8,14H2,1H3. The summed E-state index contributed by atoms with van der Waals surface area (Å²) in [5, 5.41) is 1.13. The van der Waals surface area contributed by atoms with Crippen molar-refractivity contribution < 1.29 is 0 Å². The Morgan fingerprint density at radius 3 is 2.75 bits per heavy atom. The second-order valence-electron chi connectivity index (χ2n) is 3.86. The Morgan fingerprint density at radius 2 is 2.06 bits per heavy atom. The molecule has 2 rings (SSSR count). The van der Waals surface area contributed by atoms with Crippen LogP contribution >= 0.6 is 11.3 Å². The number of hydrogen-bond acceptors (Lipinski definition) is 3. The van der Waals surface area contributed by atoms with Gasteiger partial charge in [0.25, 0.3) is 0 Å². The van der Waals surface area contributed by atoms with E-state index in [1.807, 2.05) is 24.4 Å². The zero-order chi connectivity index (χ0) is 11.4. The van der Waals surface area contributed by atoms with E-state index in [0.717, 1.165) is 17.8 Å². The van der Waals surface area contributed by atoms with Gasteiger partial charge >= 0.3 is 0 Å². The molecule has 0 aliphatic carbocycles. The van der Waals surface area contributed by atoms with Crippen molar-refractivity contribution in [1.29, 1.82) is 0 Å². The molecule has 0 spiro atoms. The highest BCUT2D eigenvalue weighted by Crippen LogP contribution is 2.26. The molecule has 0 saturated heterocycles. The van der Waals surface area contributed by atoms with Crippen molar-refractivity contribution >= 4 is 11.3 Å². The van der Waals surface area contributed by atoms with E-state index in [0.29, 0.717) is 0 Å². The number of hydrogen-bond donors (Lipinski definition) is 1. The number of rotatable bonds is 4. The molecule has 1 heterocycles. The number of aromatic nitrogens is 1. The summed E-state index contributed by atoms with van der Waals surface area (Å²) in [5.74, 6) is 0. The molecule has 0 saturated carbocycles. The average molecular weight is 232 g/mol.